The second-order valence-electron chi connectivity index (χ2n) is 5.89. The first-order valence-electron chi connectivity index (χ1n) is 9.22. The molecule has 0 aliphatic carbocycles. The van der Waals surface area contributed by atoms with Crippen LogP contribution >= 0.6 is 0 Å². The lowest BCUT2D eigenvalue weighted by molar-refractivity contribution is 0.0826. The fourth-order valence-corrected chi connectivity index (χ4v) is 2.51. The summed E-state index contributed by atoms with van der Waals surface area (Å²) in [7, 11) is 0. The first-order valence-corrected chi connectivity index (χ1v) is 9.22. The molecular formula is C19H38O2. The van der Waals surface area contributed by atoms with Crippen molar-refractivity contribution >= 4 is 0 Å². The molecule has 0 fully saturated rings. The van der Waals surface area contributed by atoms with Crippen LogP contribution < -0.4 is 0 Å². The first kappa shape index (κ1) is 20.5. The smallest absolute Gasteiger partial charge is 0.111 e. The van der Waals surface area contributed by atoms with Gasteiger partial charge in [0.2, 0.25) is 0 Å². The van der Waals surface area contributed by atoms with Gasteiger partial charge in [-0.2, -0.15) is 0 Å². The number of hydrogen-bond acceptors (Lipinski definition) is 2. The molecule has 0 radical (unpaired) electrons. The Morgan fingerprint density at radius 2 is 1.10 bits per heavy atom. The summed E-state index contributed by atoms with van der Waals surface area (Å²) in [6.07, 6.45) is 19.6. The van der Waals surface area contributed by atoms with Gasteiger partial charge in [0.25, 0.3) is 0 Å². The van der Waals surface area contributed by atoms with Crippen molar-refractivity contribution in [3.8, 4) is 0 Å². The molecule has 0 heterocycles. The zero-order valence-corrected chi connectivity index (χ0v) is 14.4. The molecule has 126 valence electrons. The van der Waals surface area contributed by atoms with E-state index in [2.05, 4.69) is 13.5 Å². The maximum Gasteiger partial charge on any atom is 0.111 e. The summed E-state index contributed by atoms with van der Waals surface area (Å²) in [5, 5.41) is 0. The average molecular weight is 299 g/mol. The van der Waals surface area contributed by atoms with Gasteiger partial charge in [0.05, 0.1) is 12.9 Å². The van der Waals surface area contributed by atoms with Crippen LogP contribution in [0.2, 0.25) is 0 Å². The van der Waals surface area contributed by atoms with Crippen molar-refractivity contribution in [1.82, 2.24) is 0 Å². The number of ether oxygens (including phenoxy) is 2. The van der Waals surface area contributed by atoms with Crippen LogP contribution in [0.15, 0.2) is 12.8 Å². The van der Waals surface area contributed by atoms with Gasteiger partial charge in [-0.05, 0) is 6.42 Å². The lowest BCUT2D eigenvalue weighted by Crippen LogP contribution is -2.02. The summed E-state index contributed by atoms with van der Waals surface area (Å²) in [4.78, 5) is 0. The van der Waals surface area contributed by atoms with Crippen molar-refractivity contribution < 1.29 is 9.47 Å². The Hall–Kier alpha value is -0.500. The molecule has 2 heteroatoms. The lowest BCUT2D eigenvalue weighted by atomic mass is 10.0. The van der Waals surface area contributed by atoms with E-state index in [1.54, 1.807) is 0 Å². The Morgan fingerprint density at radius 3 is 1.57 bits per heavy atom. The summed E-state index contributed by atoms with van der Waals surface area (Å²) in [5.74, 6) is 0. The fourth-order valence-electron chi connectivity index (χ4n) is 2.51. The molecule has 21 heavy (non-hydrogen) atoms. The van der Waals surface area contributed by atoms with Crippen molar-refractivity contribution in [3.63, 3.8) is 0 Å². The van der Waals surface area contributed by atoms with Crippen LogP contribution in [0.25, 0.3) is 0 Å². The predicted molar refractivity (Wildman–Crippen MR) is 92.7 cm³/mol. The Balaban J connectivity index is 2.91. The summed E-state index contributed by atoms with van der Waals surface area (Å²) >= 11 is 0. The van der Waals surface area contributed by atoms with Crippen LogP contribution in [0.3, 0.4) is 0 Å². The van der Waals surface area contributed by atoms with Crippen molar-refractivity contribution in [1.29, 1.82) is 0 Å². The molecule has 0 spiro atoms. The van der Waals surface area contributed by atoms with Crippen molar-refractivity contribution in [2.75, 3.05) is 19.8 Å². The predicted octanol–water partition coefficient (Wildman–Crippen LogP) is 6.25. The molecule has 0 amide bonds. The molecule has 0 aliphatic rings. The molecule has 0 atom stereocenters. The second kappa shape index (κ2) is 19.5. The van der Waals surface area contributed by atoms with Crippen LogP contribution in [0.4, 0.5) is 0 Å². The number of unbranched alkanes of at least 4 members (excludes halogenated alkanes) is 12. The summed E-state index contributed by atoms with van der Waals surface area (Å²) in [6.45, 7) is 7.96. The number of hydrogen-bond donors (Lipinski definition) is 0. The molecule has 0 rings (SSSR count). The Kier molecular flexibility index (Phi) is 19.0. The maximum absolute atomic E-state index is 5.46. The van der Waals surface area contributed by atoms with Crippen LogP contribution in [0, 0.1) is 0 Å². The van der Waals surface area contributed by atoms with E-state index in [1.165, 1.54) is 89.7 Å². The third-order valence-electron chi connectivity index (χ3n) is 3.86. The van der Waals surface area contributed by atoms with Gasteiger partial charge >= 0.3 is 0 Å². The maximum atomic E-state index is 5.46. The molecule has 2 nitrogen and oxygen atoms in total. The quantitative estimate of drug-likeness (QED) is 0.220. The molecule has 0 aromatic rings. The molecule has 0 aromatic carbocycles. The third kappa shape index (κ3) is 19.5. The van der Waals surface area contributed by atoms with Crippen LogP contribution in [-0.4, -0.2) is 19.8 Å². The minimum Gasteiger partial charge on any atom is -0.499 e. The van der Waals surface area contributed by atoms with E-state index in [1.807, 2.05) is 0 Å². The van der Waals surface area contributed by atoms with Gasteiger partial charge in [0.15, 0.2) is 0 Å². The zero-order valence-electron chi connectivity index (χ0n) is 14.4. The lowest BCUT2D eigenvalue weighted by Gasteiger charge is -2.04. The molecule has 0 unspecified atom stereocenters. The molecular weight excluding hydrogens is 260 g/mol. The third-order valence-corrected chi connectivity index (χ3v) is 3.86. The van der Waals surface area contributed by atoms with Gasteiger partial charge in [0.1, 0.15) is 6.61 Å². The highest BCUT2D eigenvalue weighted by molar-refractivity contribution is 4.50. The fraction of sp³-hybridized carbons (Fsp3) is 0.895. The zero-order chi connectivity index (χ0) is 15.4. The van der Waals surface area contributed by atoms with E-state index >= 15 is 0 Å². The molecule has 0 aliphatic heterocycles. The van der Waals surface area contributed by atoms with E-state index in [-0.39, 0.29) is 0 Å². The largest absolute Gasteiger partial charge is 0.499 e. The molecule has 0 saturated carbocycles. The van der Waals surface area contributed by atoms with Gasteiger partial charge in [-0.1, -0.05) is 90.6 Å². The normalized spacial score (nSPS) is 10.7. The molecule has 0 saturated heterocycles. The Labute approximate surface area is 133 Å². The molecule has 0 N–H and O–H groups in total. The highest BCUT2D eigenvalue weighted by Crippen LogP contribution is 2.12. The second-order valence-corrected chi connectivity index (χ2v) is 5.89. The van der Waals surface area contributed by atoms with Gasteiger partial charge in [-0.25, -0.2) is 0 Å². The molecule has 0 bridgehead atoms. The van der Waals surface area contributed by atoms with E-state index in [4.69, 9.17) is 9.47 Å². The Morgan fingerprint density at radius 1 is 0.619 bits per heavy atom. The van der Waals surface area contributed by atoms with Gasteiger partial charge in [-0.3, -0.25) is 0 Å². The van der Waals surface area contributed by atoms with E-state index in [0.29, 0.717) is 13.2 Å². The monoisotopic (exact) mass is 298 g/mol. The van der Waals surface area contributed by atoms with Crippen LogP contribution in [0.1, 0.15) is 90.4 Å². The Bertz CT molecular complexity index is 192. The van der Waals surface area contributed by atoms with Gasteiger partial charge in [-0.15, -0.1) is 0 Å². The minimum absolute atomic E-state index is 0.627. The SMILES string of the molecule is C=COCCOCCCCCCCCCCCCCCC. The van der Waals surface area contributed by atoms with E-state index in [9.17, 15) is 0 Å². The van der Waals surface area contributed by atoms with Crippen LogP contribution in [-0.2, 0) is 9.47 Å². The molecule has 0 aromatic heterocycles. The van der Waals surface area contributed by atoms with Gasteiger partial charge < -0.3 is 9.47 Å². The summed E-state index contributed by atoms with van der Waals surface area (Å²) < 4.78 is 10.5. The van der Waals surface area contributed by atoms with Gasteiger partial charge in [0, 0.05) is 6.61 Å². The standard InChI is InChI=1S/C19H38O2/c1-3-5-6-7-8-9-10-11-12-13-14-15-16-17-21-19-18-20-4-2/h4H,2-3,5-19H2,1H3. The summed E-state index contributed by atoms with van der Waals surface area (Å²) in [6, 6.07) is 0. The summed E-state index contributed by atoms with van der Waals surface area (Å²) in [5.41, 5.74) is 0. The van der Waals surface area contributed by atoms with E-state index < -0.39 is 0 Å². The van der Waals surface area contributed by atoms with Crippen molar-refractivity contribution in [2.24, 2.45) is 0 Å². The van der Waals surface area contributed by atoms with Crippen molar-refractivity contribution in [3.05, 3.63) is 12.8 Å². The first-order chi connectivity index (χ1) is 10.4. The highest BCUT2D eigenvalue weighted by Gasteiger charge is 1.94. The van der Waals surface area contributed by atoms with Crippen LogP contribution in [0.5, 0.6) is 0 Å². The number of rotatable bonds is 18. The topological polar surface area (TPSA) is 18.5 Å². The van der Waals surface area contributed by atoms with Crippen molar-refractivity contribution in [2.45, 2.75) is 90.4 Å². The minimum atomic E-state index is 0.627. The van der Waals surface area contributed by atoms with E-state index in [0.717, 1.165) is 6.61 Å². The average Bonchev–Trinajstić information content (AvgIpc) is 2.50. The highest BCUT2D eigenvalue weighted by atomic mass is 16.5.